The van der Waals surface area contributed by atoms with Crippen LogP contribution in [0.3, 0.4) is 0 Å². The lowest BCUT2D eigenvalue weighted by Crippen LogP contribution is -2.15. The number of Topliss-reactive ketones (excluding diaryl/α,β-unsaturated/α-hetero) is 1. The number of thiazole rings is 1. The van der Waals surface area contributed by atoms with E-state index in [1.54, 1.807) is 10.6 Å². The average Bonchev–Trinajstić information content (AvgIpc) is 2.86. The fourth-order valence-corrected chi connectivity index (χ4v) is 4.16. The van der Waals surface area contributed by atoms with E-state index in [0.717, 1.165) is 21.6 Å². The van der Waals surface area contributed by atoms with Crippen LogP contribution in [0.15, 0.2) is 45.9 Å². The molecule has 1 aliphatic carbocycles. The zero-order valence-electron chi connectivity index (χ0n) is 15.0. The van der Waals surface area contributed by atoms with Crippen LogP contribution in [-0.4, -0.2) is 21.5 Å². The van der Waals surface area contributed by atoms with Gasteiger partial charge in [-0.1, -0.05) is 41.1 Å². The quantitative estimate of drug-likeness (QED) is 0.826. The Balaban J connectivity index is 2.18. The number of hydrogen-bond acceptors (Lipinski definition) is 4. The summed E-state index contributed by atoms with van der Waals surface area (Å²) in [5.41, 5.74) is 2.88. The molecule has 0 atom stereocenters. The van der Waals surface area contributed by atoms with Crippen molar-refractivity contribution in [2.45, 2.75) is 39.7 Å². The average molecular weight is 389 g/mol. The van der Waals surface area contributed by atoms with Crippen LogP contribution in [0.25, 0.3) is 11.8 Å². The van der Waals surface area contributed by atoms with Crippen molar-refractivity contribution < 1.29 is 9.90 Å². The van der Waals surface area contributed by atoms with Crippen molar-refractivity contribution in [2.75, 3.05) is 0 Å². The van der Waals surface area contributed by atoms with E-state index < -0.39 is 0 Å². The molecule has 1 heterocycles. The molecular formula is C20H21ClN2O2S. The highest BCUT2D eigenvalue weighted by Gasteiger charge is 2.18. The third-order valence-electron chi connectivity index (χ3n) is 4.09. The SMILES string of the molecule is Cc1ccccc1-n1c(O)c(C=C2C=C(Cl)C(=O)CC2)sc1=NC(C)C. The van der Waals surface area contributed by atoms with Crippen LogP contribution in [0.5, 0.6) is 5.88 Å². The number of halogens is 1. The van der Waals surface area contributed by atoms with Crippen LogP contribution in [0.2, 0.25) is 0 Å². The number of nitrogens with zero attached hydrogens (tertiary/aromatic N) is 2. The molecule has 0 fully saturated rings. The van der Waals surface area contributed by atoms with E-state index in [1.165, 1.54) is 11.3 Å². The standard InChI is InChI=1S/C20H21ClN2O2S/c1-12(2)22-20-23(16-7-5-4-6-13(16)3)19(25)18(26-20)11-14-8-9-17(24)15(21)10-14/h4-7,10-12,25H,8-9H2,1-3H3. The van der Waals surface area contributed by atoms with Crippen molar-refractivity contribution in [3.8, 4) is 11.6 Å². The number of aryl methyl sites for hydroxylation is 1. The number of carbonyl (C=O) groups excluding carboxylic acids is 1. The van der Waals surface area contributed by atoms with E-state index in [9.17, 15) is 9.90 Å². The molecule has 136 valence electrons. The largest absolute Gasteiger partial charge is 0.493 e. The van der Waals surface area contributed by atoms with Crippen molar-refractivity contribution in [3.63, 3.8) is 0 Å². The summed E-state index contributed by atoms with van der Waals surface area (Å²) in [4.78, 5) is 17.7. The minimum Gasteiger partial charge on any atom is -0.493 e. The number of benzene rings is 1. The van der Waals surface area contributed by atoms with Gasteiger partial charge in [0.1, 0.15) is 0 Å². The van der Waals surface area contributed by atoms with E-state index >= 15 is 0 Å². The molecule has 0 bridgehead atoms. The van der Waals surface area contributed by atoms with E-state index in [2.05, 4.69) is 4.99 Å². The van der Waals surface area contributed by atoms with Gasteiger partial charge in [-0.15, -0.1) is 0 Å². The summed E-state index contributed by atoms with van der Waals surface area (Å²) in [6, 6.07) is 7.99. The molecule has 0 spiro atoms. The molecule has 26 heavy (non-hydrogen) atoms. The molecule has 2 aromatic rings. The first-order valence-corrected chi connectivity index (χ1v) is 9.72. The highest BCUT2D eigenvalue weighted by atomic mass is 35.5. The van der Waals surface area contributed by atoms with Gasteiger partial charge in [-0.25, -0.2) is 0 Å². The number of para-hydroxylation sites is 1. The molecule has 1 aromatic carbocycles. The highest BCUT2D eigenvalue weighted by Crippen LogP contribution is 2.30. The number of ketones is 1. The Labute approximate surface area is 161 Å². The molecular weight excluding hydrogens is 368 g/mol. The summed E-state index contributed by atoms with van der Waals surface area (Å²) in [6.07, 6.45) is 4.59. The van der Waals surface area contributed by atoms with Crippen LogP contribution in [0.4, 0.5) is 0 Å². The van der Waals surface area contributed by atoms with Gasteiger partial charge < -0.3 is 5.11 Å². The van der Waals surface area contributed by atoms with Crippen LogP contribution in [0.1, 0.15) is 37.1 Å². The van der Waals surface area contributed by atoms with Crippen molar-refractivity contribution in [2.24, 2.45) is 4.99 Å². The molecule has 1 N–H and O–H groups in total. The molecule has 0 unspecified atom stereocenters. The Morgan fingerprint density at radius 2 is 2.04 bits per heavy atom. The molecule has 0 saturated heterocycles. The first kappa shape index (κ1) is 18.7. The van der Waals surface area contributed by atoms with E-state index in [-0.39, 0.29) is 22.7 Å². The second-order valence-corrected chi connectivity index (χ2v) is 7.97. The zero-order chi connectivity index (χ0) is 18.8. The van der Waals surface area contributed by atoms with E-state index in [4.69, 9.17) is 11.6 Å². The summed E-state index contributed by atoms with van der Waals surface area (Å²) >= 11 is 7.40. The summed E-state index contributed by atoms with van der Waals surface area (Å²) < 4.78 is 1.78. The van der Waals surface area contributed by atoms with Crippen molar-refractivity contribution in [1.82, 2.24) is 4.57 Å². The number of aromatic nitrogens is 1. The second kappa shape index (κ2) is 7.64. The smallest absolute Gasteiger partial charge is 0.215 e. The van der Waals surface area contributed by atoms with Crippen LogP contribution < -0.4 is 4.80 Å². The van der Waals surface area contributed by atoms with Crippen molar-refractivity contribution in [3.05, 3.63) is 56.2 Å². The number of hydrogen-bond donors (Lipinski definition) is 1. The Bertz CT molecular complexity index is 980. The minimum atomic E-state index is -0.0373. The minimum absolute atomic E-state index is 0.0373. The van der Waals surface area contributed by atoms with Gasteiger partial charge in [0, 0.05) is 12.5 Å². The van der Waals surface area contributed by atoms with Crippen LogP contribution in [-0.2, 0) is 4.79 Å². The summed E-state index contributed by atoms with van der Waals surface area (Å²) in [6.45, 7) is 6.02. The van der Waals surface area contributed by atoms with Crippen LogP contribution in [0, 0.1) is 6.92 Å². The van der Waals surface area contributed by atoms with Gasteiger partial charge in [0.25, 0.3) is 0 Å². The van der Waals surface area contributed by atoms with Gasteiger partial charge in [-0.3, -0.25) is 14.4 Å². The number of aromatic hydroxyl groups is 1. The maximum absolute atomic E-state index is 11.6. The summed E-state index contributed by atoms with van der Waals surface area (Å²) in [5.74, 6) is 0.113. The fraction of sp³-hybridized carbons (Fsp3) is 0.300. The Kier molecular flexibility index (Phi) is 5.49. The Hall–Kier alpha value is -2.11. The Morgan fingerprint density at radius 1 is 1.31 bits per heavy atom. The molecule has 0 radical (unpaired) electrons. The van der Waals surface area contributed by atoms with Crippen LogP contribution >= 0.6 is 22.9 Å². The number of carbonyl (C=O) groups is 1. The lowest BCUT2D eigenvalue weighted by molar-refractivity contribution is -0.115. The molecule has 1 aliphatic rings. The van der Waals surface area contributed by atoms with Gasteiger partial charge in [-0.2, -0.15) is 0 Å². The van der Waals surface area contributed by atoms with E-state index in [1.807, 2.05) is 51.1 Å². The number of allylic oxidation sites excluding steroid dienone is 3. The summed E-state index contributed by atoms with van der Waals surface area (Å²) in [5, 5.41) is 11.1. The van der Waals surface area contributed by atoms with Gasteiger partial charge in [0.15, 0.2) is 10.6 Å². The Morgan fingerprint density at radius 3 is 2.69 bits per heavy atom. The third kappa shape index (κ3) is 3.84. The zero-order valence-corrected chi connectivity index (χ0v) is 16.6. The summed E-state index contributed by atoms with van der Waals surface area (Å²) in [7, 11) is 0. The molecule has 0 amide bonds. The lowest BCUT2D eigenvalue weighted by Gasteiger charge is -2.10. The molecule has 3 rings (SSSR count). The van der Waals surface area contributed by atoms with Gasteiger partial charge >= 0.3 is 0 Å². The van der Waals surface area contributed by atoms with Gasteiger partial charge in [-0.05, 0) is 56.5 Å². The second-order valence-electron chi connectivity index (χ2n) is 6.55. The van der Waals surface area contributed by atoms with Crippen molar-refractivity contribution >= 4 is 34.8 Å². The topological polar surface area (TPSA) is 54.6 Å². The normalized spacial score (nSPS) is 17.3. The maximum Gasteiger partial charge on any atom is 0.215 e. The third-order valence-corrected chi connectivity index (χ3v) is 5.40. The molecule has 1 aromatic heterocycles. The van der Waals surface area contributed by atoms with Gasteiger partial charge in [0.05, 0.1) is 15.6 Å². The first-order valence-electron chi connectivity index (χ1n) is 8.52. The molecule has 0 saturated carbocycles. The van der Waals surface area contributed by atoms with Gasteiger partial charge in [0.2, 0.25) is 5.88 Å². The maximum atomic E-state index is 11.6. The highest BCUT2D eigenvalue weighted by molar-refractivity contribution is 7.10. The van der Waals surface area contributed by atoms with Crippen molar-refractivity contribution in [1.29, 1.82) is 0 Å². The molecule has 6 heteroatoms. The first-order chi connectivity index (χ1) is 12.4. The predicted octanol–water partition coefficient (Wildman–Crippen LogP) is 4.73. The fourth-order valence-electron chi connectivity index (χ4n) is 2.80. The monoisotopic (exact) mass is 388 g/mol. The predicted molar refractivity (Wildman–Crippen MR) is 107 cm³/mol. The molecule has 0 aliphatic heterocycles. The number of rotatable bonds is 3. The van der Waals surface area contributed by atoms with E-state index in [0.29, 0.717) is 17.7 Å². The molecule has 4 nitrogen and oxygen atoms in total. The lowest BCUT2D eigenvalue weighted by atomic mass is 10.0.